The van der Waals surface area contributed by atoms with Crippen molar-refractivity contribution in [3.63, 3.8) is 0 Å². The van der Waals surface area contributed by atoms with E-state index in [4.69, 9.17) is 14.6 Å². The normalized spacial score (nSPS) is 12.2. The van der Waals surface area contributed by atoms with Gasteiger partial charge in [-0.05, 0) is 19.1 Å². The summed E-state index contributed by atoms with van der Waals surface area (Å²) in [5.41, 5.74) is 0. The van der Waals surface area contributed by atoms with E-state index in [-0.39, 0.29) is 0 Å². The van der Waals surface area contributed by atoms with Crippen molar-refractivity contribution < 1.29 is 14.6 Å². The molecular weight excluding hydrogens is 168 g/mol. The molecule has 0 radical (unpaired) electrons. The van der Waals surface area contributed by atoms with Crippen LogP contribution in [-0.4, -0.2) is 24.9 Å². The van der Waals surface area contributed by atoms with Crippen LogP contribution in [0.25, 0.3) is 0 Å². The van der Waals surface area contributed by atoms with Crippen LogP contribution in [0.1, 0.15) is 6.92 Å². The summed E-state index contributed by atoms with van der Waals surface area (Å²) in [5, 5.41) is 8.98. The molecule has 0 aliphatic carbocycles. The van der Waals surface area contributed by atoms with Gasteiger partial charge in [-0.3, -0.25) is 0 Å². The van der Waals surface area contributed by atoms with Gasteiger partial charge in [0.25, 0.3) is 0 Å². The minimum absolute atomic E-state index is 0.299. The van der Waals surface area contributed by atoms with Gasteiger partial charge in [0, 0.05) is 6.07 Å². The van der Waals surface area contributed by atoms with Crippen LogP contribution in [-0.2, 0) is 0 Å². The van der Waals surface area contributed by atoms with E-state index in [1.165, 1.54) is 0 Å². The second-order valence-corrected chi connectivity index (χ2v) is 2.84. The zero-order chi connectivity index (χ0) is 9.68. The summed E-state index contributed by atoms with van der Waals surface area (Å²) in [7, 11) is 1.60. The molecule has 0 saturated carbocycles. The lowest BCUT2D eigenvalue weighted by molar-refractivity contribution is 0.122. The molecular formula is C10H14O3. The summed E-state index contributed by atoms with van der Waals surface area (Å²) in [5.74, 6) is 1.46. The second kappa shape index (κ2) is 4.72. The monoisotopic (exact) mass is 182 g/mol. The number of rotatable bonds is 4. The highest BCUT2D eigenvalue weighted by atomic mass is 16.5. The summed E-state index contributed by atoms with van der Waals surface area (Å²) in [6, 6.07) is 7.29. The fraction of sp³-hybridized carbons (Fsp3) is 0.400. The van der Waals surface area contributed by atoms with E-state index in [0.29, 0.717) is 12.4 Å². The van der Waals surface area contributed by atoms with E-state index < -0.39 is 6.10 Å². The van der Waals surface area contributed by atoms with Crippen molar-refractivity contribution in [1.29, 1.82) is 0 Å². The first kappa shape index (κ1) is 9.86. The SMILES string of the molecule is COc1cccc(OCC(C)O)c1. The van der Waals surface area contributed by atoms with Crippen LogP contribution in [0.4, 0.5) is 0 Å². The van der Waals surface area contributed by atoms with E-state index in [1.807, 2.05) is 18.2 Å². The minimum Gasteiger partial charge on any atom is -0.497 e. The van der Waals surface area contributed by atoms with Crippen molar-refractivity contribution in [2.75, 3.05) is 13.7 Å². The fourth-order valence-corrected chi connectivity index (χ4v) is 0.908. The lowest BCUT2D eigenvalue weighted by Gasteiger charge is -2.08. The maximum absolute atomic E-state index is 8.98. The van der Waals surface area contributed by atoms with E-state index in [1.54, 1.807) is 20.1 Å². The molecule has 0 aliphatic heterocycles. The highest BCUT2D eigenvalue weighted by Gasteiger charge is 1.98. The molecule has 1 unspecified atom stereocenters. The molecule has 0 amide bonds. The Labute approximate surface area is 77.9 Å². The molecule has 3 heteroatoms. The summed E-state index contributed by atoms with van der Waals surface area (Å²) in [4.78, 5) is 0. The Morgan fingerprint density at radius 3 is 2.69 bits per heavy atom. The summed E-state index contributed by atoms with van der Waals surface area (Å²) in [6.07, 6.45) is -0.453. The van der Waals surface area contributed by atoms with Crippen LogP contribution >= 0.6 is 0 Å². The van der Waals surface area contributed by atoms with Crippen LogP contribution < -0.4 is 9.47 Å². The Bertz CT molecular complexity index is 258. The zero-order valence-electron chi connectivity index (χ0n) is 7.86. The number of hydrogen-bond donors (Lipinski definition) is 1. The molecule has 1 atom stereocenters. The third-order valence-corrected chi connectivity index (χ3v) is 1.53. The average molecular weight is 182 g/mol. The first-order valence-corrected chi connectivity index (χ1v) is 4.17. The van der Waals surface area contributed by atoms with Gasteiger partial charge in [-0.2, -0.15) is 0 Å². The topological polar surface area (TPSA) is 38.7 Å². The highest BCUT2D eigenvalue weighted by Crippen LogP contribution is 2.18. The number of benzene rings is 1. The Balaban J connectivity index is 2.56. The Morgan fingerprint density at radius 1 is 1.38 bits per heavy atom. The first-order chi connectivity index (χ1) is 6.22. The van der Waals surface area contributed by atoms with Crippen molar-refractivity contribution in [1.82, 2.24) is 0 Å². The molecule has 1 rings (SSSR count). The van der Waals surface area contributed by atoms with Gasteiger partial charge in [-0.15, -0.1) is 0 Å². The predicted molar refractivity (Wildman–Crippen MR) is 50.2 cm³/mol. The minimum atomic E-state index is -0.453. The van der Waals surface area contributed by atoms with Crippen LogP contribution in [0.3, 0.4) is 0 Å². The summed E-state index contributed by atoms with van der Waals surface area (Å²) in [6.45, 7) is 1.98. The van der Waals surface area contributed by atoms with Gasteiger partial charge in [0.1, 0.15) is 18.1 Å². The summed E-state index contributed by atoms with van der Waals surface area (Å²) >= 11 is 0. The molecule has 0 aliphatic rings. The first-order valence-electron chi connectivity index (χ1n) is 4.17. The standard InChI is InChI=1S/C10H14O3/c1-8(11)7-13-10-5-3-4-9(6-10)12-2/h3-6,8,11H,7H2,1-2H3. The van der Waals surface area contributed by atoms with Gasteiger partial charge in [0.05, 0.1) is 13.2 Å². The molecule has 0 heterocycles. The van der Waals surface area contributed by atoms with Crippen molar-refractivity contribution in [3.8, 4) is 11.5 Å². The van der Waals surface area contributed by atoms with E-state index >= 15 is 0 Å². The lowest BCUT2D eigenvalue weighted by atomic mass is 10.3. The van der Waals surface area contributed by atoms with Crippen LogP contribution in [0, 0.1) is 0 Å². The maximum atomic E-state index is 8.98. The Kier molecular flexibility index (Phi) is 3.58. The largest absolute Gasteiger partial charge is 0.497 e. The molecule has 0 aromatic heterocycles. The Morgan fingerprint density at radius 2 is 2.08 bits per heavy atom. The number of aliphatic hydroxyl groups is 1. The van der Waals surface area contributed by atoms with Gasteiger partial charge in [-0.1, -0.05) is 6.07 Å². The molecule has 1 aromatic rings. The summed E-state index contributed by atoms with van der Waals surface area (Å²) < 4.78 is 10.3. The maximum Gasteiger partial charge on any atom is 0.123 e. The molecule has 0 fully saturated rings. The average Bonchev–Trinajstić information content (AvgIpc) is 2.15. The molecule has 3 nitrogen and oxygen atoms in total. The van der Waals surface area contributed by atoms with Gasteiger partial charge >= 0.3 is 0 Å². The van der Waals surface area contributed by atoms with E-state index in [0.717, 1.165) is 5.75 Å². The van der Waals surface area contributed by atoms with Crippen molar-refractivity contribution in [2.45, 2.75) is 13.0 Å². The third kappa shape index (κ3) is 3.34. The molecule has 0 bridgehead atoms. The zero-order valence-corrected chi connectivity index (χ0v) is 7.86. The third-order valence-electron chi connectivity index (χ3n) is 1.53. The van der Waals surface area contributed by atoms with Crippen molar-refractivity contribution >= 4 is 0 Å². The Hall–Kier alpha value is -1.22. The number of methoxy groups -OCH3 is 1. The molecule has 0 spiro atoms. The molecule has 72 valence electrons. The lowest BCUT2D eigenvalue weighted by Crippen LogP contribution is -2.12. The van der Waals surface area contributed by atoms with E-state index in [2.05, 4.69) is 0 Å². The molecule has 13 heavy (non-hydrogen) atoms. The van der Waals surface area contributed by atoms with E-state index in [9.17, 15) is 0 Å². The van der Waals surface area contributed by atoms with Crippen LogP contribution in [0.2, 0.25) is 0 Å². The smallest absolute Gasteiger partial charge is 0.123 e. The molecule has 1 N–H and O–H groups in total. The molecule has 1 aromatic carbocycles. The van der Waals surface area contributed by atoms with Crippen molar-refractivity contribution in [2.24, 2.45) is 0 Å². The van der Waals surface area contributed by atoms with Gasteiger partial charge < -0.3 is 14.6 Å². The highest BCUT2D eigenvalue weighted by molar-refractivity contribution is 5.32. The van der Waals surface area contributed by atoms with Gasteiger partial charge in [-0.25, -0.2) is 0 Å². The number of aliphatic hydroxyl groups excluding tert-OH is 1. The predicted octanol–water partition coefficient (Wildman–Crippen LogP) is 1.45. The van der Waals surface area contributed by atoms with Crippen LogP contribution in [0.15, 0.2) is 24.3 Å². The second-order valence-electron chi connectivity index (χ2n) is 2.84. The number of hydrogen-bond acceptors (Lipinski definition) is 3. The quantitative estimate of drug-likeness (QED) is 0.766. The van der Waals surface area contributed by atoms with Gasteiger partial charge in [0.15, 0.2) is 0 Å². The van der Waals surface area contributed by atoms with Gasteiger partial charge in [0.2, 0.25) is 0 Å². The fourth-order valence-electron chi connectivity index (χ4n) is 0.908. The molecule has 0 saturated heterocycles. The van der Waals surface area contributed by atoms with Crippen molar-refractivity contribution in [3.05, 3.63) is 24.3 Å². The van der Waals surface area contributed by atoms with Crippen LogP contribution in [0.5, 0.6) is 11.5 Å². The number of ether oxygens (including phenoxy) is 2.